The Morgan fingerprint density at radius 1 is 1.40 bits per heavy atom. The minimum absolute atomic E-state index is 0.0426. The average Bonchev–Trinajstić information content (AvgIpc) is 2.89. The lowest BCUT2D eigenvalue weighted by molar-refractivity contribution is 0.0950. The summed E-state index contributed by atoms with van der Waals surface area (Å²) in [5.74, 6) is -0.0426. The number of nitrogens with one attached hydrogen (secondary N) is 3. The van der Waals surface area contributed by atoms with E-state index in [0.29, 0.717) is 12.1 Å². The Labute approximate surface area is 117 Å². The van der Waals surface area contributed by atoms with Gasteiger partial charge in [0.2, 0.25) is 0 Å². The fourth-order valence-corrected chi connectivity index (χ4v) is 2.45. The lowest BCUT2D eigenvalue weighted by Crippen LogP contribution is -2.26. The number of hydrogen-bond acceptors (Lipinski definition) is 3. The van der Waals surface area contributed by atoms with Crippen molar-refractivity contribution >= 4 is 5.91 Å². The van der Waals surface area contributed by atoms with Crippen LogP contribution in [0.4, 0.5) is 0 Å². The summed E-state index contributed by atoms with van der Waals surface area (Å²) in [5, 5.41) is 13.1. The normalized spacial score (nSPS) is 13.8. The van der Waals surface area contributed by atoms with Gasteiger partial charge in [-0.1, -0.05) is 6.07 Å². The van der Waals surface area contributed by atoms with E-state index in [-0.39, 0.29) is 5.91 Å². The molecule has 0 saturated carbocycles. The van der Waals surface area contributed by atoms with Crippen LogP contribution in [0.25, 0.3) is 0 Å². The molecule has 5 heteroatoms. The van der Waals surface area contributed by atoms with Crippen molar-refractivity contribution < 1.29 is 4.79 Å². The van der Waals surface area contributed by atoms with E-state index in [1.165, 1.54) is 11.1 Å². The summed E-state index contributed by atoms with van der Waals surface area (Å²) in [6.45, 7) is 4.30. The quantitative estimate of drug-likeness (QED) is 0.787. The van der Waals surface area contributed by atoms with Crippen LogP contribution in [0.3, 0.4) is 0 Å². The number of amides is 1. The number of nitrogens with zero attached hydrogens (tertiary/aromatic N) is 1. The molecule has 0 spiro atoms. The average molecular weight is 270 g/mol. The standard InChI is InChI=1S/C15H18N4O/c1-10-14(9-18-19-10)8-17-15(20)12-3-2-11-4-5-16-7-13(11)6-12/h2-3,6,9,16H,4-5,7-8H2,1H3,(H,17,20)(H,18,19). The fraction of sp³-hybridized carbons (Fsp3) is 0.333. The molecule has 3 N–H and O–H groups in total. The van der Waals surface area contributed by atoms with Gasteiger partial charge >= 0.3 is 0 Å². The van der Waals surface area contributed by atoms with Crippen molar-refractivity contribution in [2.45, 2.75) is 26.4 Å². The second-order valence-corrected chi connectivity index (χ2v) is 5.11. The molecule has 2 aromatic rings. The van der Waals surface area contributed by atoms with Crippen LogP contribution in [0.1, 0.15) is 32.7 Å². The van der Waals surface area contributed by atoms with Gasteiger partial charge in [0.15, 0.2) is 0 Å². The second-order valence-electron chi connectivity index (χ2n) is 5.11. The fourth-order valence-electron chi connectivity index (χ4n) is 2.45. The largest absolute Gasteiger partial charge is 0.348 e. The van der Waals surface area contributed by atoms with Gasteiger partial charge in [-0.3, -0.25) is 9.89 Å². The molecule has 0 saturated heterocycles. The number of carbonyl (C=O) groups excluding carboxylic acids is 1. The number of fused-ring (bicyclic) bond motifs is 1. The van der Waals surface area contributed by atoms with Gasteiger partial charge in [0.25, 0.3) is 5.91 Å². The van der Waals surface area contributed by atoms with Crippen molar-refractivity contribution in [2.75, 3.05) is 6.54 Å². The topological polar surface area (TPSA) is 69.8 Å². The highest BCUT2D eigenvalue weighted by atomic mass is 16.1. The maximum Gasteiger partial charge on any atom is 0.251 e. The first-order valence-electron chi connectivity index (χ1n) is 6.83. The van der Waals surface area contributed by atoms with Crippen molar-refractivity contribution in [1.82, 2.24) is 20.8 Å². The van der Waals surface area contributed by atoms with Crippen LogP contribution in [0.2, 0.25) is 0 Å². The first kappa shape index (κ1) is 12.9. The zero-order valence-electron chi connectivity index (χ0n) is 11.5. The molecule has 3 rings (SSSR count). The van der Waals surface area contributed by atoms with E-state index in [9.17, 15) is 4.79 Å². The summed E-state index contributed by atoms with van der Waals surface area (Å²) in [7, 11) is 0. The van der Waals surface area contributed by atoms with Crippen LogP contribution >= 0.6 is 0 Å². The summed E-state index contributed by atoms with van der Waals surface area (Å²) in [6.07, 6.45) is 2.78. The molecule has 0 atom stereocenters. The van der Waals surface area contributed by atoms with Gasteiger partial charge in [-0.15, -0.1) is 0 Å². The van der Waals surface area contributed by atoms with E-state index < -0.39 is 0 Å². The molecule has 1 aliphatic heterocycles. The number of aromatic amines is 1. The first-order chi connectivity index (χ1) is 9.74. The number of aryl methyl sites for hydroxylation is 1. The Morgan fingerprint density at radius 3 is 3.10 bits per heavy atom. The van der Waals surface area contributed by atoms with Gasteiger partial charge in [-0.25, -0.2) is 0 Å². The van der Waals surface area contributed by atoms with Gasteiger partial charge in [-0.05, 0) is 43.1 Å². The maximum absolute atomic E-state index is 12.2. The van der Waals surface area contributed by atoms with E-state index in [4.69, 9.17) is 0 Å². The van der Waals surface area contributed by atoms with Crippen molar-refractivity contribution in [3.05, 3.63) is 52.3 Å². The number of aromatic nitrogens is 2. The Morgan fingerprint density at radius 2 is 2.30 bits per heavy atom. The van der Waals surface area contributed by atoms with Gasteiger partial charge < -0.3 is 10.6 Å². The van der Waals surface area contributed by atoms with Gasteiger partial charge in [0, 0.05) is 29.9 Å². The molecule has 20 heavy (non-hydrogen) atoms. The van der Waals surface area contributed by atoms with Crippen LogP contribution in [0, 0.1) is 6.92 Å². The summed E-state index contributed by atoms with van der Waals surface area (Å²) >= 11 is 0. The highest BCUT2D eigenvalue weighted by Gasteiger charge is 2.12. The summed E-state index contributed by atoms with van der Waals surface area (Å²) in [5.41, 5.74) is 5.28. The van der Waals surface area contributed by atoms with Crippen molar-refractivity contribution in [1.29, 1.82) is 0 Å². The summed E-state index contributed by atoms with van der Waals surface area (Å²) < 4.78 is 0. The molecule has 1 aliphatic rings. The Kier molecular flexibility index (Phi) is 3.52. The molecule has 2 heterocycles. The molecule has 0 fully saturated rings. The van der Waals surface area contributed by atoms with Gasteiger partial charge in [0.05, 0.1) is 6.20 Å². The minimum Gasteiger partial charge on any atom is -0.348 e. The number of benzene rings is 1. The monoisotopic (exact) mass is 270 g/mol. The van der Waals surface area contributed by atoms with Crippen molar-refractivity contribution in [3.63, 3.8) is 0 Å². The minimum atomic E-state index is -0.0426. The predicted molar refractivity (Wildman–Crippen MR) is 76.3 cm³/mol. The van der Waals surface area contributed by atoms with E-state index in [1.54, 1.807) is 6.20 Å². The molecule has 104 valence electrons. The highest BCUT2D eigenvalue weighted by Crippen LogP contribution is 2.16. The third-order valence-corrected chi connectivity index (χ3v) is 3.73. The number of carbonyl (C=O) groups is 1. The zero-order chi connectivity index (χ0) is 13.9. The SMILES string of the molecule is Cc1[nH]ncc1CNC(=O)c1ccc2c(c1)CNCC2. The van der Waals surface area contributed by atoms with E-state index in [0.717, 1.165) is 30.8 Å². The maximum atomic E-state index is 12.2. The molecule has 0 aliphatic carbocycles. The Balaban J connectivity index is 1.69. The third kappa shape index (κ3) is 2.58. The summed E-state index contributed by atoms with van der Waals surface area (Å²) in [4.78, 5) is 12.2. The molecule has 1 aromatic heterocycles. The van der Waals surface area contributed by atoms with E-state index >= 15 is 0 Å². The highest BCUT2D eigenvalue weighted by molar-refractivity contribution is 5.94. The lowest BCUT2D eigenvalue weighted by atomic mass is 9.98. The molecular weight excluding hydrogens is 252 g/mol. The van der Waals surface area contributed by atoms with Crippen molar-refractivity contribution in [3.8, 4) is 0 Å². The van der Waals surface area contributed by atoms with Crippen LogP contribution in [-0.2, 0) is 19.5 Å². The number of H-pyrrole nitrogens is 1. The molecule has 1 amide bonds. The zero-order valence-corrected chi connectivity index (χ0v) is 11.5. The van der Waals surface area contributed by atoms with Crippen molar-refractivity contribution in [2.24, 2.45) is 0 Å². The van der Waals surface area contributed by atoms with E-state index in [2.05, 4.69) is 26.9 Å². The van der Waals surface area contributed by atoms with Gasteiger partial charge in [0.1, 0.15) is 0 Å². The molecule has 1 aromatic carbocycles. The molecule has 0 bridgehead atoms. The van der Waals surface area contributed by atoms with Crippen LogP contribution in [0.15, 0.2) is 24.4 Å². The first-order valence-corrected chi connectivity index (χ1v) is 6.83. The van der Waals surface area contributed by atoms with Crippen LogP contribution in [-0.4, -0.2) is 22.6 Å². The predicted octanol–water partition coefficient (Wildman–Crippen LogP) is 1.29. The van der Waals surface area contributed by atoms with Crippen LogP contribution < -0.4 is 10.6 Å². The van der Waals surface area contributed by atoms with Gasteiger partial charge in [-0.2, -0.15) is 5.10 Å². The molecule has 0 radical (unpaired) electrons. The Hall–Kier alpha value is -2.14. The lowest BCUT2D eigenvalue weighted by Gasteiger charge is -2.17. The second kappa shape index (κ2) is 5.46. The summed E-state index contributed by atoms with van der Waals surface area (Å²) in [6, 6.07) is 5.95. The third-order valence-electron chi connectivity index (χ3n) is 3.73. The molecular formula is C15H18N4O. The smallest absolute Gasteiger partial charge is 0.251 e. The Bertz CT molecular complexity index is 633. The van der Waals surface area contributed by atoms with Crippen LogP contribution in [0.5, 0.6) is 0 Å². The van der Waals surface area contributed by atoms with E-state index in [1.807, 2.05) is 19.1 Å². The molecule has 5 nitrogen and oxygen atoms in total. The number of hydrogen-bond donors (Lipinski definition) is 3. The molecule has 0 unspecified atom stereocenters. The number of rotatable bonds is 3.